The molecule has 0 aromatic carbocycles. The van der Waals surface area contributed by atoms with Crippen LogP contribution in [0.3, 0.4) is 0 Å². The predicted octanol–water partition coefficient (Wildman–Crippen LogP) is 0.303. The second-order valence-electron chi connectivity index (χ2n) is 3.61. The topological polar surface area (TPSA) is 74.6 Å². The first-order valence-corrected chi connectivity index (χ1v) is 4.85. The van der Waals surface area contributed by atoms with Crippen molar-refractivity contribution in [1.29, 1.82) is 0 Å². The fraction of sp³-hybridized carbons (Fsp3) is 0.800. The van der Waals surface area contributed by atoms with Gasteiger partial charge in [-0.1, -0.05) is 0 Å². The maximum Gasteiger partial charge on any atom is 0.123 e. The van der Waals surface area contributed by atoms with Gasteiger partial charge in [-0.15, -0.1) is 0 Å². The van der Waals surface area contributed by atoms with Gasteiger partial charge in [0, 0.05) is 12.3 Å². The molecule has 0 spiro atoms. The zero-order valence-electron chi connectivity index (χ0n) is 8.43. The van der Waals surface area contributed by atoms with Crippen LogP contribution in [0.5, 0.6) is 0 Å². The molecule has 0 aliphatic heterocycles. The van der Waals surface area contributed by atoms with Crippen LogP contribution in [-0.2, 0) is 9.59 Å². The number of aldehydes is 2. The van der Waals surface area contributed by atoms with Crippen molar-refractivity contribution in [2.75, 3.05) is 0 Å². The van der Waals surface area contributed by atoms with Crippen molar-refractivity contribution < 1.29 is 19.8 Å². The summed E-state index contributed by atoms with van der Waals surface area (Å²) >= 11 is 0. The van der Waals surface area contributed by atoms with E-state index in [0.29, 0.717) is 25.7 Å². The van der Waals surface area contributed by atoms with E-state index in [-0.39, 0.29) is 5.92 Å². The Hall–Kier alpha value is -0.740. The number of carbonyl (C=O) groups is 2. The molecule has 82 valence electrons. The van der Waals surface area contributed by atoms with Crippen LogP contribution in [0.15, 0.2) is 0 Å². The lowest BCUT2D eigenvalue weighted by Gasteiger charge is -2.15. The summed E-state index contributed by atoms with van der Waals surface area (Å²) in [5.41, 5.74) is 0. The van der Waals surface area contributed by atoms with E-state index in [1.54, 1.807) is 6.92 Å². The summed E-state index contributed by atoms with van der Waals surface area (Å²) in [7, 11) is 0. The van der Waals surface area contributed by atoms with Crippen molar-refractivity contribution in [1.82, 2.24) is 0 Å². The molecular formula is C10H18O4. The fourth-order valence-corrected chi connectivity index (χ4v) is 1.37. The normalized spacial score (nSPS) is 17.1. The van der Waals surface area contributed by atoms with Gasteiger partial charge >= 0.3 is 0 Å². The molecule has 0 rings (SSSR count). The Bertz CT molecular complexity index is 168. The first-order chi connectivity index (χ1) is 6.60. The Kier molecular flexibility index (Phi) is 7.24. The van der Waals surface area contributed by atoms with Gasteiger partial charge in [0.2, 0.25) is 0 Å². The molecule has 0 saturated carbocycles. The van der Waals surface area contributed by atoms with Crippen LogP contribution >= 0.6 is 0 Å². The van der Waals surface area contributed by atoms with E-state index in [1.807, 2.05) is 0 Å². The van der Waals surface area contributed by atoms with E-state index < -0.39 is 12.2 Å². The molecule has 4 nitrogen and oxygen atoms in total. The average molecular weight is 202 g/mol. The van der Waals surface area contributed by atoms with Gasteiger partial charge in [0.1, 0.15) is 12.6 Å². The van der Waals surface area contributed by atoms with Gasteiger partial charge in [-0.2, -0.15) is 0 Å². The van der Waals surface area contributed by atoms with Gasteiger partial charge in [-0.25, -0.2) is 0 Å². The van der Waals surface area contributed by atoms with E-state index in [9.17, 15) is 14.7 Å². The molecule has 4 heteroatoms. The van der Waals surface area contributed by atoms with Crippen molar-refractivity contribution in [3.63, 3.8) is 0 Å². The number of carbonyl (C=O) groups excluding carboxylic acids is 2. The van der Waals surface area contributed by atoms with E-state index in [4.69, 9.17) is 5.11 Å². The lowest BCUT2D eigenvalue weighted by Crippen LogP contribution is -2.18. The average Bonchev–Trinajstić information content (AvgIpc) is 2.12. The Labute approximate surface area is 83.9 Å². The molecular weight excluding hydrogens is 184 g/mol. The van der Waals surface area contributed by atoms with Crippen molar-refractivity contribution in [3.8, 4) is 0 Å². The summed E-state index contributed by atoms with van der Waals surface area (Å²) in [5, 5.41) is 18.4. The summed E-state index contributed by atoms with van der Waals surface area (Å²) in [6.07, 6.45) is 1.70. The minimum absolute atomic E-state index is 0.307. The van der Waals surface area contributed by atoms with Crippen molar-refractivity contribution in [3.05, 3.63) is 0 Å². The van der Waals surface area contributed by atoms with Crippen LogP contribution < -0.4 is 0 Å². The van der Waals surface area contributed by atoms with E-state index >= 15 is 0 Å². The zero-order valence-corrected chi connectivity index (χ0v) is 8.43. The molecule has 0 saturated heterocycles. The first kappa shape index (κ1) is 13.3. The molecule has 0 bridgehead atoms. The predicted molar refractivity (Wildman–Crippen MR) is 51.8 cm³/mol. The highest BCUT2D eigenvalue weighted by Crippen LogP contribution is 2.13. The number of aliphatic hydroxyl groups is 2. The second-order valence-corrected chi connectivity index (χ2v) is 3.61. The van der Waals surface area contributed by atoms with Gasteiger partial charge in [0.15, 0.2) is 0 Å². The summed E-state index contributed by atoms with van der Waals surface area (Å²) in [6.45, 7) is 1.61. The maximum atomic E-state index is 10.6. The zero-order chi connectivity index (χ0) is 11.0. The Morgan fingerprint density at radius 2 is 1.86 bits per heavy atom. The summed E-state index contributed by atoms with van der Waals surface area (Å²) in [4.78, 5) is 20.6. The van der Waals surface area contributed by atoms with Crippen molar-refractivity contribution in [2.24, 2.45) is 5.92 Å². The Balaban J connectivity index is 3.79. The molecule has 3 atom stereocenters. The van der Waals surface area contributed by atoms with Crippen molar-refractivity contribution in [2.45, 2.75) is 44.8 Å². The third-order valence-corrected chi connectivity index (χ3v) is 2.03. The molecule has 0 aromatic rings. The van der Waals surface area contributed by atoms with Crippen molar-refractivity contribution >= 4 is 12.6 Å². The monoisotopic (exact) mass is 202 g/mol. The molecule has 14 heavy (non-hydrogen) atoms. The molecule has 0 radical (unpaired) electrons. The molecule has 0 aliphatic carbocycles. The minimum Gasteiger partial charge on any atom is -0.393 e. The third kappa shape index (κ3) is 6.74. The molecule has 0 aliphatic rings. The van der Waals surface area contributed by atoms with Gasteiger partial charge in [0.25, 0.3) is 0 Å². The smallest absolute Gasteiger partial charge is 0.123 e. The Morgan fingerprint density at radius 3 is 2.29 bits per heavy atom. The van der Waals surface area contributed by atoms with Gasteiger partial charge in [-0.05, 0) is 26.2 Å². The fourth-order valence-electron chi connectivity index (χ4n) is 1.37. The van der Waals surface area contributed by atoms with E-state index in [2.05, 4.69) is 0 Å². The molecule has 0 heterocycles. The highest BCUT2D eigenvalue weighted by atomic mass is 16.3. The van der Waals surface area contributed by atoms with Crippen LogP contribution in [-0.4, -0.2) is 35.0 Å². The van der Waals surface area contributed by atoms with Gasteiger partial charge < -0.3 is 19.8 Å². The first-order valence-electron chi connectivity index (χ1n) is 4.85. The quantitative estimate of drug-likeness (QED) is 0.555. The molecule has 0 aromatic heterocycles. The van der Waals surface area contributed by atoms with Crippen LogP contribution in [0, 0.1) is 5.92 Å². The van der Waals surface area contributed by atoms with Gasteiger partial charge in [-0.3, -0.25) is 0 Å². The second kappa shape index (κ2) is 7.64. The number of aliphatic hydroxyl groups excluding tert-OH is 2. The highest BCUT2D eigenvalue weighted by Gasteiger charge is 2.15. The lowest BCUT2D eigenvalue weighted by molar-refractivity contribution is -0.113. The number of rotatable bonds is 8. The maximum absolute atomic E-state index is 10.6. The summed E-state index contributed by atoms with van der Waals surface area (Å²) in [5.74, 6) is -0.323. The standard InChI is InChI=1S/C10H18O4/c1-8(13)5-9(7-12)6-10(14)3-2-4-11/h4,7-10,13-14H,2-3,5-6H2,1H3. The van der Waals surface area contributed by atoms with Crippen LogP contribution in [0.4, 0.5) is 0 Å². The van der Waals surface area contributed by atoms with E-state index in [1.165, 1.54) is 0 Å². The largest absolute Gasteiger partial charge is 0.393 e. The summed E-state index contributed by atoms with van der Waals surface area (Å²) < 4.78 is 0. The minimum atomic E-state index is -0.630. The SMILES string of the molecule is CC(O)CC(C=O)CC(O)CCC=O. The Morgan fingerprint density at radius 1 is 1.21 bits per heavy atom. The molecule has 0 amide bonds. The molecule has 0 fully saturated rings. The lowest BCUT2D eigenvalue weighted by atomic mass is 9.95. The molecule has 2 N–H and O–H groups in total. The summed E-state index contributed by atoms with van der Waals surface area (Å²) in [6, 6.07) is 0. The van der Waals surface area contributed by atoms with Crippen LogP contribution in [0.25, 0.3) is 0 Å². The third-order valence-electron chi connectivity index (χ3n) is 2.03. The van der Waals surface area contributed by atoms with Crippen LogP contribution in [0.1, 0.15) is 32.6 Å². The van der Waals surface area contributed by atoms with E-state index in [0.717, 1.165) is 12.6 Å². The van der Waals surface area contributed by atoms with Gasteiger partial charge in [0.05, 0.1) is 12.2 Å². The number of hydrogen-bond donors (Lipinski definition) is 2. The number of hydrogen-bond acceptors (Lipinski definition) is 4. The van der Waals surface area contributed by atoms with Crippen LogP contribution in [0.2, 0.25) is 0 Å². The highest BCUT2D eigenvalue weighted by molar-refractivity contribution is 5.53. The molecule has 3 unspecified atom stereocenters.